The number of hydrogen-bond donors (Lipinski definition) is 1. The lowest BCUT2D eigenvalue weighted by Crippen LogP contribution is -2.46. The van der Waals surface area contributed by atoms with Gasteiger partial charge < -0.3 is 14.2 Å². The number of hydrogen-bond acceptors (Lipinski definition) is 8. The summed E-state index contributed by atoms with van der Waals surface area (Å²) in [6, 6.07) is 13.3. The molecule has 9 nitrogen and oxygen atoms in total. The molecule has 1 fully saturated rings. The summed E-state index contributed by atoms with van der Waals surface area (Å²) in [5.41, 5.74) is 3.33. The van der Waals surface area contributed by atoms with E-state index < -0.39 is 0 Å². The Kier molecular flexibility index (Phi) is 8.94. The summed E-state index contributed by atoms with van der Waals surface area (Å²) in [5.74, 6) is 1.77. The molecule has 2 aromatic carbocycles. The van der Waals surface area contributed by atoms with E-state index in [-0.39, 0.29) is 23.6 Å². The Labute approximate surface area is 222 Å². The standard InChI is InChI=1S/C27H34N4O5S/c1-5-35-26(32)31(25-7-6-14-28-25)21-11-8-19(9-12-21)16-30-27(33)37-17-22(29-30)20-10-13-23(34-4)24(15-20)36-18(2)3/h8-13,15,18,25,28H,5-7,14,16-17H2,1-4H3. The molecular formula is C27H34N4O5S. The summed E-state index contributed by atoms with van der Waals surface area (Å²) in [5, 5.41) is 9.39. The molecule has 2 aliphatic rings. The first-order chi connectivity index (χ1) is 17.9. The van der Waals surface area contributed by atoms with Gasteiger partial charge in [-0.1, -0.05) is 23.9 Å². The molecule has 2 amide bonds. The predicted octanol–water partition coefficient (Wildman–Crippen LogP) is 5.23. The molecule has 1 unspecified atom stereocenters. The monoisotopic (exact) mass is 526 g/mol. The van der Waals surface area contributed by atoms with E-state index in [0.717, 1.165) is 41.9 Å². The average molecular weight is 527 g/mol. The molecule has 0 spiro atoms. The normalized spacial score (nSPS) is 17.5. The summed E-state index contributed by atoms with van der Waals surface area (Å²) in [4.78, 5) is 27.0. The van der Waals surface area contributed by atoms with E-state index in [1.54, 1.807) is 18.9 Å². The summed E-state index contributed by atoms with van der Waals surface area (Å²) in [6.07, 6.45) is 1.41. The van der Waals surface area contributed by atoms with Crippen molar-refractivity contribution in [1.29, 1.82) is 0 Å². The highest BCUT2D eigenvalue weighted by atomic mass is 32.2. The Morgan fingerprint density at radius 2 is 2.00 bits per heavy atom. The molecule has 2 aliphatic heterocycles. The largest absolute Gasteiger partial charge is 0.493 e. The first-order valence-corrected chi connectivity index (χ1v) is 13.5. The van der Waals surface area contributed by atoms with Crippen LogP contribution in [0, 0.1) is 0 Å². The van der Waals surface area contributed by atoms with Gasteiger partial charge in [-0.05, 0) is 76.1 Å². The molecule has 2 aromatic rings. The highest BCUT2D eigenvalue weighted by Gasteiger charge is 2.29. The summed E-state index contributed by atoms with van der Waals surface area (Å²) in [7, 11) is 1.61. The van der Waals surface area contributed by atoms with Gasteiger partial charge >= 0.3 is 11.3 Å². The number of carbonyl (C=O) groups is 2. The summed E-state index contributed by atoms with van der Waals surface area (Å²) >= 11 is 1.22. The third-order valence-corrected chi connectivity index (χ3v) is 6.88. The maximum absolute atomic E-state index is 12.7. The molecule has 2 heterocycles. The van der Waals surface area contributed by atoms with Gasteiger partial charge in [0.1, 0.15) is 0 Å². The van der Waals surface area contributed by atoms with Crippen molar-refractivity contribution in [2.24, 2.45) is 5.10 Å². The van der Waals surface area contributed by atoms with Crippen LogP contribution < -0.4 is 19.7 Å². The van der Waals surface area contributed by atoms with E-state index >= 15 is 0 Å². The number of methoxy groups -OCH3 is 1. The van der Waals surface area contributed by atoms with Crippen LogP contribution in [0.2, 0.25) is 0 Å². The van der Waals surface area contributed by atoms with Crippen LogP contribution in [0.25, 0.3) is 0 Å². The third-order valence-electron chi connectivity index (χ3n) is 6.00. The molecule has 0 radical (unpaired) electrons. The fraction of sp³-hybridized carbons (Fsp3) is 0.444. The second kappa shape index (κ2) is 12.3. The lowest BCUT2D eigenvalue weighted by molar-refractivity contribution is 0.156. The molecule has 0 aromatic heterocycles. The molecule has 4 rings (SSSR count). The topological polar surface area (TPSA) is 92.7 Å². The smallest absolute Gasteiger partial charge is 0.415 e. The fourth-order valence-corrected chi connectivity index (χ4v) is 5.03. The van der Waals surface area contributed by atoms with Crippen LogP contribution in [-0.4, -0.2) is 60.3 Å². The zero-order valence-corrected chi connectivity index (χ0v) is 22.5. The molecule has 1 atom stereocenters. The van der Waals surface area contributed by atoms with Crippen LogP contribution in [0.4, 0.5) is 15.3 Å². The van der Waals surface area contributed by atoms with Crippen molar-refractivity contribution in [3.05, 3.63) is 53.6 Å². The second-order valence-electron chi connectivity index (χ2n) is 9.04. The molecular weight excluding hydrogens is 492 g/mol. The Balaban J connectivity index is 1.52. The van der Waals surface area contributed by atoms with E-state index in [1.165, 1.54) is 16.8 Å². The van der Waals surface area contributed by atoms with Crippen LogP contribution in [0.1, 0.15) is 44.7 Å². The van der Waals surface area contributed by atoms with Crippen LogP contribution in [0.5, 0.6) is 11.5 Å². The van der Waals surface area contributed by atoms with E-state index in [4.69, 9.17) is 14.2 Å². The minimum Gasteiger partial charge on any atom is -0.493 e. The van der Waals surface area contributed by atoms with Crippen LogP contribution in [0.3, 0.4) is 0 Å². The maximum atomic E-state index is 12.7. The first kappa shape index (κ1) is 26.8. The van der Waals surface area contributed by atoms with Gasteiger partial charge in [0.15, 0.2) is 11.5 Å². The zero-order chi connectivity index (χ0) is 26.4. The van der Waals surface area contributed by atoms with Crippen LogP contribution in [-0.2, 0) is 11.3 Å². The Morgan fingerprint density at radius 1 is 1.22 bits per heavy atom. The van der Waals surface area contributed by atoms with Crippen molar-refractivity contribution in [1.82, 2.24) is 10.3 Å². The van der Waals surface area contributed by atoms with Gasteiger partial charge in [-0.2, -0.15) is 5.10 Å². The lowest BCUT2D eigenvalue weighted by atomic mass is 10.1. The summed E-state index contributed by atoms with van der Waals surface area (Å²) < 4.78 is 16.6. The lowest BCUT2D eigenvalue weighted by Gasteiger charge is -2.28. The molecule has 0 saturated carbocycles. The van der Waals surface area contributed by atoms with Crippen molar-refractivity contribution in [3.8, 4) is 11.5 Å². The molecule has 1 saturated heterocycles. The molecule has 10 heteroatoms. The Hall–Kier alpha value is -3.24. The Bertz CT molecular complexity index is 1130. The van der Waals surface area contributed by atoms with Gasteiger partial charge in [-0.3, -0.25) is 15.0 Å². The number of nitrogens with one attached hydrogen (secondary N) is 1. The number of benzene rings is 2. The van der Waals surface area contributed by atoms with E-state index in [1.807, 2.05) is 56.3 Å². The van der Waals surface area contributed by atoms with Gasteiger partial charge in [0.25, 0.3) is 0 Å². The molecule has 1 N–H and O–H groups in total. The van der Waals surface area contributed by atoms with Crippen LogP contribution in [0.15, 0.2) is 47.6 Å². The minimum absolute atomic E-state index is 0.00271. The van der Waals surface area contributed by atoms with Crippen molar-refractivity contribution < 1.29 is 23.8 Å². The van der Waals surface area contributed by atoms with E-state index in [9.17, 15) is 9.59 Å². The van der Waals surface area contributed by atoms with Crippen molar-refractivity contribution in [2.75, 3.05) is 30.9 Å². The van der Waals surface area contributed by atoms with Crippen molar-refractivity contribution >= 4 is 34.5 Å². The zero-order valence-electron chi connectivity index (χ0n) is 21.7. The number of anilines is 1. The van der Waals surface area contributed by atoms with E-state index in [2.05, 4.69) is 10.4 Å². The number of carbonyl (C=O) groups excluding carboxylic acids is 2. The van der Waals surface area contributed by atoms with Crippen molar-refractivity contribution in [3.63, 3.8) is 0 Å². The van der Waals surface area contributed by atoms with Gasteiger partial charge in [-0.15, -0.1) is 0 Å². The van der Waals surface area contributed by atoms with Gasteiger partial charge in [0.05, 0.1) is 38.2 Å². The van der Waals surface area contributed by atoms with Gasteiger partial charge in [0.2, 0.25) is 0 Å². The van der Waals surface area contributed by atoms with E-state index in [0.29, 0.717) is 30.4 Å². The quantitative estimate of drug-likeness (QED) is 0.478. The number of ether oxygens (including phenoxy) is 3. The number of rotatable bonds is 9. The first-order valence-electron chi connectivity index (χ1n) is 12.5. The van der Waals surface area contributed by atoms with Crippen molar-refractivity contribution in [2.45, 2.75) is 52.4 Å². The predicted molar refractivity (Wildman–Crippen MR) is 146 cm³/mol. The number of thioether (sulfide) groups is 1. The highest BCUT2D eigenvalue weighted by Crippen LogP contribution is 2.31. The second-order valence-corrected chi connectivity index (χ2v) is 9.97. The number of nitrogens with zero attached hydrogens (tertiary/aromatic N) is 3. The molecule has 198 valence electrons. The fourth-order valence-electron chi connectivity index (χ4n) is 4.29. The molecule has 37 heavy (non-hydrogen) atoms. The minimum atomic E-state index is -0.369. The Morgan fingerprint density at radius 3 is 2.65 bits per heavy atom. The molecule has 0 bridgehead atoms. The number of hydrazone groups is 1. The SMILES string of the molecule is CCOC(=O)N(c1ccc(CN2N=C(c3ccc(OC)c(OC(C)C)c3)CSC2=O)cc1)C1CCCN1. The maximum Gasteiger partial charge on any atom is 0.415 e. The summed E-state index contributed by atoms with van der Waals surface area (Å²) in [6.45, 7) is 7.22. The van der Waals surface area contributed by atoms with Crippen LogP contribution >= 0.6 is 11.8 Å². The number of amides is 2. The third kappa shape index (κ3) is 6.56. The van der Waals surface area contributed by atoms with Gasteiger partial charge in [0, 0.05) is 17.0 Å². The van der Waals surface area contributed by atoms with Gasteiger partial charge in [-0.25, -0.2) is 9.80 Å². The highest BCUT2D eigenvalue weighted by molar-refractivity contribution is 8.14. The molecule has 0 aliphatic carbocycles. The average Bonchev–Trinajstić information content (AvgIpc) is 3.41.